The summed E-state index contributed by atoms with van der Waals surface area (Å²) in [6.45, 7) is 6.76. The van der Waals surface area contributed by atoms with Gasteiger partial charge in [-0.15, -0.1) is 0 Å². The third-order valence-corrected chi connectivity index (χ3v) is 5.57. The van der Waals surface area contributed by atoms with Crippen LogP contribution in [0.5, 0.6) is 0 Å². The molecule has 1 saturated heterocycles. The Hall–Kier alpha value is -0.170. The quantitative estimate of drug-likeness (QED) is 0.788. The van der Waals surface area contributed by atoms with Crippen LogP contribution in [0.15, 0.2) is 0 Å². The third kappa shape index (κ3) is 4.19. The molecule has 1 aliphatic rings. The molecule has 18 heavy (non-hydrogen) atoms. The summed E-state index contributed by atoms with van der Waals surface area (Å²) in [6, 6.07) is 0. The van der Waals surface area contributed by atoms with Crippen LogP contribution in [0.2, 0.25) is 0 Å². The Morgan fingerprint density at radius 3 is 2.22 bits per heavy atom. The first-order chi connectivity index (χ1) is 8.52. The standard InChI is InChI=1S/C12H27N3O2S/c1-3-14(11-12(2)10-13)18(16,17)15-8-6-4-5-7-9-15/h12H,3-11,13H2,1-2H3. The van der Waals surface area contributed by atoms with E-state index in [1.165, 1.54) is 0 Å². The summed E-state index contributed by atoms with van der Waals surface area (Å²) in [5, 5.41) is 0. The fraction of sp³-hybridized carbons (Fsp3) is 1.00. The molecule has 1 rings (SSSR count). The van der Waals surface area contributed by atoms with E-state index in [2.05, 4.69) is 0 Å². The van der Waals surface area contributed by atoms with Gasteiger partial charge in [-0.2, -0.15) is 17.0 Å². The van der Waals surface area contributed by atoms with Gasteiger partial charge in [0.2, 0.25) is 0 Å². The lowest BCUT2D eigenvalue weighted by atomic mass is 10.2. The van der Waals surface area contributed by atoms with Crippen molar-refractivity contribution in [3.05, 3.63) is 0 Å². The molecule has 0 amide bonds. The van der Waals surface area contributed by atoms with Crippen molar-refractivity contribution in [1.29, 1.82) is 0 Å². The predicted octanol–water partition coefficient (Wildman–Crippen LogP) is 1.02. The van der Waals surface area contributed by atoms with E-state index in [1.54, 1.807) is 8.61 Å². The van der Waals surface area contributed by atoms with Gasteiger partial charge in [0.05, 0.1) is 0 Å². The van der Waals surface area contributed by atoms with E-state index in [4.69, 9.17) is 5.73 Å². The summed E-state index contributed by atoms with van der Waals surface area (Å²) in [5.74, 6) is 0.201. The molecule has 0 aromatic carbocycles. The van der Waals surface area contributed by atoms with Crippen molar-refractivity contribution < 1.29 is 8.42 Å². The van der Waals surface area contributed by atoms with E-state index in [1.807, 2.05) is 13.8 Å². The molecule has 1 aliphatic heterocycles. The van der Waals surface area contributed by atoms with Gasteiger partial charge in [0.1, 0.15) is 0 Å². The predicted molar refractivity (Wildman–Crippen MR) is 74.4 cm³/mol. The van der Waals surface area contributed by atoms with E-state index in [9.17, 15) is 8.42 Å². The molecule has 0 aliphatic carbocycles. The minimum atomic E-state index is -3.29. The van der Waals surface area contributed by atoms with Crippen molar-refractivity contribution >= 4 is 10.2 Å². The van der Waals surface area contributed by atoms with Gasteiger partial charge in [0.15, 0.2) is 0 Å². The second-order valence-electron chi connectivity index (χ2n) is 5.11. The fourth-order valence-corrected chi connectivity index (χ4v) is 4.06. The van der Waals surface area contributed by atoms with E-state index >= 15 is 0 Å². The molecule has 1 heterocycles. The van der Waals surface area contributed by atoms with Gasteiger partial charge in [-0.1, -0.05) is 26.7 Å². The Morgan fingerprint density at radius 1 is 1.22 bits per heavy atom. The molecule has 5 nitrogen and oxygen atoms in total. The van der Waals surface area contributed by atoms with Crippen molar-refractivity contribution in [2.45, 2.75) is 39.5 Å². The van der Waals surface area contributed by atoms with E-state index in [-0.39, 0.29) is 5.92 Å². The van der Waals surface area contributed by atoms with Gasteiger partial charge in [-0.05, 0) is 25.3 Å². The van der Waals surface area contributed by atoms with E-state index < -0.39 is 10.2 Å². The highest BCUT2D eigenvalue weighted by Crippen LogP contribution is 2.17. The lowest BCUT2D eigenvalue weighted by Gasteiger charge is -2.29. The van der Waals surface area contributed by atoms with Gasteiger partial charge in [-0.3, -0.25) is 0 Å². The van der Waals surface area contributed by atoms with Crippen molar-refractivity contribution in [3.63, 3.8) is 0 Å². The summed E-state index contributed by atoms with van der Waals surface area (Å²) in [6.07, 6.45) is 4.22. The number of hydrogen-bond donors (Lipinski definition) is 1. The Balaban J connectivity index is 2.74. The number of hydrogen-bond acceptors (Lipinski definition) is 3. The lowest BCUT2D eigenvalue weighted by molar-refractivity contribution is 0.321. The minimum absolute atomic E-state index is 0.201. The zero-order valence-corrected chi connectivity index (χ0v) is 12.5. The molecule has 6 heteroatoms. The maximum Gasteiger partial charge on any atom is 0.281 e. The molecule has 2 N–H and O–H groups in total. The minimum Gasteiger partial charge on any atom is -0.330 e. The molecule has 0 saturated carbocycles. The van der Waals surface area contributed by atoms with Gasteiger partial charge in [0.25, 0.3) is 10.2 Å². The summed E-state index contributed by atoms with van der Waals surface area (Å²) in [7, 11) is -3.29. The first-order valence-corrected chi connectivity index (χ1v) is 8.37. The van der Waals surface area contributed by atoms with E-state index in [0.717, 1.165) is 25.7 Å². The molecule has 1 unspecified atom stereocenters. The van der Waals surface area contributed by atoms with Gasteiger partial charge >= 0.3 is 0 Å². The molecular formula is C12H27N3O2S. The van der Waals surface area contributed by atoms with Crippen LogP contribution in [-0.4, -0.2) is 49.8 Å². The van der Waals surface area contributed by atoms with Crippen molar-refractivity contribution in [3.8, 4) is 0 Å². The third-order valence-electron chi connectivity index (χ3n) is 3.49. The maximum absolute atomic E-state index is 12.5. The average Bonchev–Trinajstić information content (AvgIpc) is 2.64. The molecule has 0 aromatic rings. The van der Waals surface area contributed by atoms with Gasteiger partial charge < -0.3 is 5.73 Å². The summed E-state index contributed by atoms with van der Waals surface area (Å²) < 4.78 is 28.3. The lowest BCUT2D eigenvalue weighted by Crippen LogP contribution is -2.46. The molecular weight excluding hydrogens is 250 g/mol. The summed E-state index contributed by atoms with van der Waals surface area (Å²) >= 11 is 0. The summed E-state index contributed by atoms with van der Waals surface area (Å²) in [5.41, 5.74) is 5.59. The molecule has 0 spiro atoms. The normalized spacial score (nSPS) is 20.9. The Bertz CT molecular complexity index is 324. The monoisotopic (exact) mass is 277 g/mol. The van der Waals surface area contributed by atoms with Crippen LogP contribution < -0.4 is 5.73 Å². The van der Waals surface area contributed by atoms with Crippen LogP contribution in [0.3, 0.4) is 0 Å². The van der Waals surface area contributed by atoms with E-state index in [0.29, 0.717) is 32.7 Å². The Kier molecular flexibility index (Phi) is 6.55. The Labute approximate surface area is 112 Å². The van der Waals surface area contributed by atoms with Crippen LogP contribution in [-0.2, 0) is 10.2 Å². The fourth-order valence-electron chi connectivity index (χ4n) is 2.24. The topological polar surface area (TPSA) is 66.6 Å². The SMILES string of the molecule is CCN(CC(C)CN)S(=O)(=O)N1CCCCCC1. The second-order valence-corrected chi connectivity index (χ2v) is 7.04. The highest BCUT2D eigenvalue weighted by molar-refractivity contribution is 7.86. The number of nitrogens with zero attached hydrogens (tertiary/aromatic N) is 2. The molecule has 1 atom stereocenters. The first kappa shape index (κ1) is 15.9. The zero-order valence-electron chi connectivity index (χ0n) is 11.6. The number of nitrogens with two attached hydrogens (primary N) is 1. The molecule has 0 bridgehead atoms. The van der Waals surface area contributed by atoms with Crippen LogP contribution in [0.4, 0.5) is 0 Å². The highest BCUT2D eigenvalue weighted by atomic mass is 32.2. The van der Waals surface area contributed by atoms with Crippen LogP contribution >= 0.6 is 0 Å². The van der Waals surface area contributed by atoms with Gasteiger partial charge in [0, 0.05) is 26.2 Å². The second kappa shape index (κ2) is 7.43. The van der Waals surface area contributed by atoms with Crippen molar-refractivity contribution in [1.82, 2.24) is 8.61 Å². The number of rotatable bonds is 6. The van der Waals surface area contributed by atoms with Crippen LogP contribution in [0.25, 0.3) is 0 Å². The van der Waals surface area contributed by atoms with Crippen molar-refractivity contribution in [2.75, 3.05) is 32.7 Å². The van der Waals surface area contributed by atoms with Crippen LogP contribution in [0, 0.1) is 5.92 Å². The smallest absolute Gasteiger partial charge is 0.281 e. The first-order valence-electron chi connectivity index (χ1n) is 6.97. The average molecular weight is 277 g/mol. The molecule has 0 aromatic heterocycles. The van der Waals surface area contributed by atoms with Crippen molar-refractivity contribution in [2.24, 2.45) is 11.7 Å². The largest absolute Gasteiger partial charge is 0.330 e. The molecule has 0 radical (unpaired) electrons. The Morgan fingerprint density at radius 2 is 1.78 bits per heavy atom. The summed E-state index contributed by atoms with van der Waals surface area (Å²) in [4.78, 5) is 0. The maximum atomic E-state index is 12.5. The molecule has 1 fully saturated rings. The molecule has 108 valence electrons. The van der Waals surface area contributed by atoms with Gasteiger partial charge in [-0.25, -0.2) is 0 Å². The zero-order chi connectivity index (χ0) is 13.6. The highest BCUT2D eigenvalue weighted by Gasteiger charge is 2.29. The van der Waals surface area contributed by atoms with Crippen LogP contribution in [0.1, 0.15) is 39.5 Å².